The van der Waals surface area contributed by atoms with Crippen LogP contribution < -0.4 is 10.6 Å². The van der Waals surface area contributed by atoms with Crippen LogP contribution in [0, 0.1) is 0 Å². The van der Waals surface area contributed by atoms with Gasteiger partial charge in [-0.1, -0.05) is 0 Å². The molecule has 3 rings (SSSR count). The van der Waals surface area contributed by atoms with Gasteiger partial charge < -0.3 is 20.8 Å². The monoisotopic (exact) mass is 377 g/mol. The van der Waals surface area contributed by atoms with E-state index in [2.05, 4.69) is 15.6 Å². The third-order valence-electron chi connectivity index (χ3n) is 3.23. The Labute approximate surface area is 154 Å². The number of anilines is 3. The molecule has 25 heavy (non-hydrogen) atoms. The largest absolute Gasteiger partial charge is 0.504 e. The molecule has 4 N–H and O–H groups in total. The summed E-state index contributed by atoms with van der Waals surface area (Å²) in [6.45, 7) is 1.46. The second kappa shape index (κ2) is 7.87. The first-order valence-electron chi connectivity index (χ1n) is 7.14. The molecule has 0 spiro atoms. The van der Waals surface area contributed by atoms with Crippen molar-refractivity contribution in [1.29, 1.82) is 0 Å². The lowest BCUT2D eigenvalue weighted by Gasteiger charge is -2.05. The first-order valence-corrected chi connectivity index (χ1v) is 8.02. The van der Waals surface area contributed by atoms with Crippen LogP contribution in [0.1, 0.15) is 6.92 Å². The van der Waals surface area contributed by atoms with Gasteiger partial charge in [0.15, 0.2) is 16.6 Å². The van der Waals surface area contributed by atoms with Gasteiger partial charge in [0.2, 0.25) is 5.91 Å². The summed E-state index contributed by atoms with van der Waals surface area (Å²) in [6, 6.07) is 11.9. The second-order valence-corrected chi connectivity index (χ2v) is 5.98. The number of carbonyl (C=O) groups is 1. The maximum Gasteiger partial charge on any atom is 0.221 e. The highest BCUT2D eigenvalue weighted by atomic mass is 35.5. The standard InChI is InChI=1S/C17H15N3O3S.ClH/c1-10(21)18-12-3-5-13(6-4-12)19-17-20-14(9-24-17)11-2-7-15(22)16(23)8-11;/h2-9,22-23H,1H3,(H,18,21)(H,19,20);1H. The minimum absolute atomic E-state index is 0. The summed E-state index contributed by atoms with van der Waals surface area (Å²) in [6.07, 6.45) is 0. The van der Waals surface area contributed by atoms with Crippen LogP contribution in [0.3, 0.4) is 0 Å². The van der Waals surface area contributed by atoms with Crippen LogP contribution in [0.4, 0.5) is 16.5 Å². The van der Waals surface area contributed by atoms with Crippen molar-refractivity contribution in [2.75, 3.05) is 10.6 Å². The number of carbonyl (C=O) groups excluding carboxylic acids is 1. The van der Waals surface area contributed by atoms with Crippen molar-refractivity contribution in [3.63, 3.8) is 0 Å². The number of nitrogens with one attached hydrogen (secondary N) is 2. The van der Waals surface area contributed by atoms with Gasteiger partial charge in [-0.3, -0.25) is 4.79 Å². The Kier molecular flexibility index (Phi) is 5.84. The summed E-state index contributed by atoms with van der Waals surface area (Å²) in [5.74, 6) is -0.451. The molecular weight excluding hydrogens is 362 g/mol. The molecule has 0 radical (unpaired) electrons. The lowest BCUT2D eigenvalue weighted by Crippen LogP contribution is -2.05. The van der Waals surface area contributed by atoms with Crippen LogP contribution in [0.25, 0.3) is 11.3 Å². The smallest absolute Gasteiger partial charge is 0.221 e. The van der Waals surface area contributed by atoms with E-state index in [0.717, 1.165) is 16.9 Å². The molecule has 130 valence electrons. The second-order valence-electron chi connectivity index (χ2n) is 5.12. The third-order valence-corrected chi connectivity index (χ3v) is 3.99. The Hall–Kier alpha value is -2.77. The molecule has 1 amide bonds. The number of thiazole rings is 1. The van der Waals surface area contributed by atoms with Crippen LogP contribution in [-0.4, -0.2) is 21.1 Å². The Morgan fingerprint density at radius 2 is 1.72 bits per heavy atom. The predicted molar refractivity (Wildman–Crippen MR) is 102 cm³/mol. The van der Waals surface area contributed by atoms with E-state index in [1.807, 2.05) is 17.5 Å². The molecule has 8 heteroatoms. The number of aromatic hydroxyl groups is 2. The van der Waals surface area contributed by atoms with Crippen LogP contribution in [0.2, 0.25) is 0 Å². The fourth-order valence-electron chi connectivity index (χ4n) is 2.11. The highest BCUT2D eigenvalue weighted by molar-refractivity contribution is 7.14. The zero-order valence-corrected chi connectivity index (χ0v) is 14.8. The Bertz CT molecular complexity index is 881. The van der Waals surface area contributed by atoms with Crippen LogP contribution in [-0.2, 0) is 4.79 Å². The first kappa shape index (κ1) is 18.6. The minimum atomic E-state index is -0.177. The number of phenols is 2. The topological polar surface area (TPSA) is 94.5 Å². The van der Waals surface area contributed by atoms with Gasteiger partial charge in [0.1, 0.15) is 0 Å². The molecule has 1 aromatic heterocycles. The van der Waals surface area contributed by atoms with Gasteiger partial charge in [-0.25, -0.2) is 4.98 Å². The molecule has 0 bridgehead atoms. The number of aromatic nitrogens is 1. The maximum absolute atomic E-state index is 11.0. The summed E-state index contributed by atoms with van der Waals surface area (Å²) in [4.78, 5) is 15.5. The molecule has 0 fully saturated rings. The Balaban J connectivity index is 0.00000225. The number of amides is 1. The van der Waals surface area contributed by atoms with Gasteiger partial charge in [0.05, 0.1) is 5.69 Å². The first-order chi connectivity index (χ1) is 11.5. The van der Waals surface area contributed by atoms with E-state index < -0.39 is 0 Å². The molecule has 6 nitrogen and oxygen atoms in total. The van der Waals surface area contributed by atoms with Crippen molar-refractivity contribution >= 4 is 46.2 Å². The molecule has 3 aromatic rings. The molecule has 0 atom stereocenters. The molecule has 0 aliphatic rings. The summed E-state index contributed by atoms with van der Waals surface area (Å²) in [5, 5.41) is 27.4. The number of halogens is 1. The van der Waals surface area contributed by atoms with Crippen molar-refractivity contribution in [3.05, 3.63) is 47.8 Å². The van der Waals surface area contributed by atoms with Gasteiger partial charge in [0, 0.05) is 29.2 Å². The van der Waals surface area contributed by atoms with Crippen molar-refractivity contribution < 1.29 is 15.0 Å². The maximum atomic E-state index is 11.0. The van der Waals surface area contributed by atoms with Crippen molar-refractivity contribution in [1.82, 2.24) is 4.98 Å². The summed E-state index contributed by atoms with van der Waals surface area (Å²) >= 11 is 1.43. The molecule has 0 aliphatic heterocycles. The number of benzene rings is 2. The summed E-state index contributed by atoms with van der Waals surface area (Å²) in [5.41, 5.74) is 2.99. The van der Waals surface area contributed by atoms with Crippen LogP contribution in [0.5, 0.6) is 11.5 Å². The average molecular weight is 378 g/mol. The number of phenolic OH excluding ortho intramolecular Hbond substituents is 2. The van der Waals surface area contributed by atoms with E-state index in [-0.39, 0.29) is 29.8 Å². The van der Waals surface area contributed by atoms with Gasteiger partial charge in [0.25, 0.3) is 0 Å². The highest BCUT2D eigenvalue weighted by Crippen LogP contribution is 2.32. The lowest BCUT2D eigenvalue weighted by molar-refractivity contribution is -0.114. The van der Waals surface area contributed by atoms with Crippen molar-refractivity contribution in [2.45, 2.75) is 6.92 Å². The quantitative estimate of drug-likeness (QED) is 0.507. The van der Waals surface area contributed by atoms with E-state index in [1.54, 1.807) is 18.2 Å². The number of hydrogen-bond acceptors (Lipinski definition) is 6. The van der Waals surface area contributed by atoms with Gasteiger partial charge in [-0.2, -0.15) is 0 Å². The normalized spacial score (nSPS) is 9.96. The van der Waals surface area contributed by atoms with Crippen molar-refractivity contribution in [2.24, 2.45) is 0 Å². The molecule has 2 aromatic carbocycles. The van der Waals surface area contributed by atoms with Gasteiger partial charge in [-0.15, -0.1) is 23.7 Å². The van der Waals surface area contributed by atoms with Crippen molar-refractivity contribution in [3.8, 4) is 22.8 Å². The molecule has 0 aliphatic carbocycles. The molecular formula is C17H16ClN3O3S. The van der Waals surface area contributed by atoms with Crippen LogP contribution >= 0.6 is 23.7 Å². The van der Waals surface area contributed by atoms with E-state index in [1.165, 1.54) is 30.4 Å². The lowest BCUT2D eigenvalue weighted by atomic mass is 10.1. The number of rotatable bonds is 4. The summed E-state index contributed by atoms with van der Waals surface area (Å²) in [7, 11) is 0. The number of nitrogens with zero attached hydrogens (tertiary/aromatic N) is 1. The summed E-state index contributed by atoms with van der Waals surface area (Å²) < 4.78 is 0. The van der Waals surface area contributed by atoms with E-state index in [9.17, 15) is 15.0 Å². The SMILES string of the molecule is CC(=O)Nc1ccc(Nc2nc(-c3ccc(O)c(O)c3)cs2)cc1.Cl. The fourth-order valence-corrected chi connectivity index (χ4v) is 2.85. The molecule has 1 heterocycles. The number of hydrogen-bond donors (Lipinski definition) is 4. The highest BCUT2D eigenvalue weighted by Gasteiger charge is 2.08. The Morgan fingerprint density at radius 1 is 1.04 bits per heavy atom. The molecule has 0 saturated carbocycles. The molecule has 0 saturated heterocycles. The van der Waals surface area contributed by atoms with E-state index in [0.29, 0.717) is 10.8 Å². The van der Waals surface area contributed by atoms with Gasteiger partial charge >= 0.3 is 0 Å². The van der Waals surface area contributed by atoms with Crippen LogP contribution in [0.15, 0.2) is 47.8 Å². The van der Waals surface area contributed by atoms with E-state index in [4.69, 9.17) is 0 Å². The van der Waals surface area contributed by atoms with Gasteiger partial charge in [-0.05, 0) is 42.5 Å². The third kappa shape index (κ3) is 4.62. The predicted octanol–water partition coefficient (Wildman–Crippen LogP) is 4.35. The average Bonchev–Trinajstić information content (AvgIpc) is 3.00. The zero-order valence-electron chi connectivity index (χ0n) is 13.2. The minimum Gasteiger partial charge on any atom is -0.504 e. The Morgan fingerprint density at radius 3 is 2.36 bits per heavy atom. The molecule has 0 unspecified atom stereocenters. The zero-order chi connectivity index (χ0) is 17.1. The van der Waals surface area contributed by atoms with E-state index >= 15 is 0 Å². The fraction of sp³-hybridized carbons (Fsp3) is 0.0588.